The van der Waals surface area contributed by atoms with E-state index in [0.717, 1.165) is 13.1 Å². The zero-order valence-electron chi connectivity index (χ0n) is 6.10. The lowest BCUT2D eigenvalue weighted by molar-refractivity contribution is 0.352. The van der Waals surface area contributed by atoms with Gasteiger partial charge in [-0.15, -0.1) is 11.6 Å². The zero-order chi connectivity index (χ0) is 7.28. The second kappa shape index (κ2) is 5.03. The summed E-state index contributed by atoms with van der Waals surface area (Å²) in [6, 6.07) is 0. The van der Waals surface area contributed by atoms with E-state index in [4.69, 9.17) is 17.3 Å². The molecule has 0 saturated heterocycles. The first-order valence-corrected chi connectivity index (χ1v) is 3.67. The molecule has 0 aromatic heterocycles. The van der Waals surface area contributed by atoms with Crippen LogP contribution in [-0.2, 0) is 0 Å². The summed E-state index contributed by atoms with van der Waals surface area (Å²) in [6.07, 6.45) is 0. The summed E-state index contributed by atoms with van der Waals surface area (Å²) in [6.45, 7) is 4.57. The number of hydrogen-bond acceptors (Lipinski definition) is 2. The smallest absolute Gasteiger partial charge is 0.0585 e. The molecule has 1 atom stereocenters. The van der Waals surface area contributed by atoms with Gasteiger partial charge in [0.15, 0.2) is 0 Å². The fourth-order valence-corrected chi connectivity index (χ4v) is 0.777. The molecule has 2 nitrogen and oxygen atoms in total. The SMILES string of the molecule is CCN(C)CC(Cl)CN. The molecular weight excluding hydrogens is 136 g/mol. The molecule has 0 fully saturated rings. The summed E-state index contributed by atoms with van der Waals surface area (Å²) in [4.78, 5) is 2.14. The van der Waals surface area contributed by atoms with Crippen LogP contribution in [0.2, 0.25) is 0 Å². The van der Waals surface area contributed by atoms with Crippen LogP contribution in [0.1, 0.15) is 6.92 Å². The lowest BCUT2D eigenvalue weighted by Gasteiger charge is -2.16. The van der Waals surface area contributed by atoms with Crippen LogP contribution in [0.3, 0.4) is 0 Å². The van der Waals surface area contributed by atoms with E-state index in [2.05, 4.69) is 11.8 Å². The van der Waals surface area contributed by atoms with E-state index in [9.17, 15) is 0 Å². The minimum Gasteiger partial charge on any atom is -0.329 e. The second-order valence-electron chi connectivity index (χ2n) is 2.19. The van der Waals surface area contributed by atoms with Gasteiger partial charge in [-0.2, -0.15) is 0 Å². The topological polar surface area (TPSA) is 29.3 Å². The maximum atomic E-state index is 5.77. The molecule has 0 rings (SSSR count). The number of hydrogen-bond donors (Lipinski definition) is 1. The van der Waals surface area contributed by atoms with Gasteiger partial charge in [0, 0.05) is 13.1 Å². The lowest BCUT2D eigenvalue weighted by Crippen LogP contribution is -2.30. The Morgan fingerprint density at radius 2 is 2.22 bits per heavy atom. The van der Waals surface area contributed by atoms with Crippen LogP contribution in [0.15, 0.2) is 0 Å². The molecule has 3 heteroatoms. The molecule has 0 aromatic carbocycles. The van der Waals surface area contributed by atoms with Gasteiger partial charge in [0.25, 0.3) is 0 Å². The van der Waals surface area contributed by atoms with Gasteiger partial charge in [0.05, 0.1) is 5.38 Å². The van der Waals surface area contributed by atoms with Crippen LogP contribution in [0.25, 0.3) is 0 Å². The van der Waals surface area contributed by atoms with Gasteiger partial charge in [-0.25, -0.2) is 0 Å². The van der Waals surface area contributed by atoms with Gasteiger partial charge in [0.1, 0.15) is 0 Å². The Hall–Kier alpha value is 0.210. The largest absolute Gasteiger partial charge is 0.329 e. The van der Waals surface area contributed by atoms with E-state index in [-0.39, 0.29) is 5.38 Å². The molecule has 0 heterocycles. The Kier molecular flexibility index (Phi) is 5.15. The fourth-order valence-electron chi connectivity index (χ4n) is 0.542. The van der Waals surface area contributed by atoms with Crippen molar-refractivity contribution in [3.05, 3.63) is 0 Å². The van der Waals surface area contributed by atoms with E-state index in [1.54, 1.807) is 0 Å². The number of alkyl halides is 1. The van der Waals surface area contributed by atoms with Gasteiger partial charge < -0.3 is 10.6 Å². The first-order chi connectivity index (χ1) is 4.20. The normalized spacial score (nSPS) is 14.3. The molecule has 0 spiro atoms. The molecule has 1 unspecified atom stereocenters. The predicted molar refractivity (Wildman–Crippen MR) is 41.9 cm³/mol. The monoisotopic (exact) mass is 150 g/mol. The van der Waals surface area contributed by atoms with Crippen LogP contribution in [-0.4, -0.2) is 37.0 Å². The van der Waals surface area contributed by atoms with Crippen LogP contribution >= 0.6 is 11.6 Å². The Bertz CT molecular complexity index is 60.1. The summed E-state index contributed by atoms with van der Waals surface area (Å²) in [7, 11) is 2.03. The number of nitrogens with zero attached hydrogens (tertiary/aromatic N) is 1. The Labute approximate surface area is 62.0 Å². The molecule has 0 aliphatic rings. The number of halogens is 1. The molecule has 0 aromatic rings. The van der Waals surface area contributed by atoms with E-state index in [0.29, 0.717) is 6.54 Å². The van der Waals surface area contributed by atoms with E-state index in [1.165, 1.54) is 0 Å². The molecule has 9 heavy (non-hydrogen) atoms. The van der Waals surface area contributed by atoms with Crippen molar-refractivity contribution in [2.24, 2.45) is 5.73 Å². The van der Waals surface area contributed by atoms with Crippen molar-refractivity contribution in [3.8, 4) is 0 Å². The minimum atomic E-state index is 0.106. The van der Waals surface area contributed by atoms with Crippen LogP contribution in [0.4, 0.5) is 0 Å². The first kappa shape index (κ1) is 9.21. The molecule has 0 aliphatic heterocycles. The van der Waals surface area contributed by atoms with Gasteiger partial charge >= 0.3 is 0 Å². The fraction of sp³-hybridized carbons (Fsp3) is 1.00. The van der Waals surface area contributed by atoms with Crippen molar-refractivity contribution in [3.63, 3.8) is 0 Å². The van der Waals surface area contributed by atoms with Crippen molar-refractivity contribution in [2.75, 3.05) is 26.7 Å². The molecule has 0 aliphatic carbocycles. The Balaban J connectivity index is 3.22. The summed E-state index contributed by atoms with van der Waals surface area (Å²) >= 11 is 5.77. The van der Waals surface area contributed by atoms with Crippen molar-refractivity contribution in [2.45, 2.75) is 12.3 Å². The molecule has 0 radical (unpaired) electrons. The van der Waals surface area contributed by atoms with E-state index >= 15 is 0 Å². The molecule has 0 bridgehead atoms. The third-order valence-corrected chi connectivity index (χ3v) is 1.62. The highest BCUT2D eigenvalue weighted by Gasteiger charge is 2.02. The highest BCUT2D eigenvalue weighted by atomic mass is 35.5. The standard InChI is InChI=1S/C6H15ClN2/c1-3-9(2)5-6(7)4-8/h6H,3-5,8H2,1-2H3. The van der Waals surface area contributed by atoms with E-state index in [1.807, 2.05) is 7.05 Å². The van der Waals surface area contributed by atoms with Gasteiger partial charge in [-0.05, 0) is 13.6 Å². The van der Waals surface area contributed by atoms with Gasteiger partial charge in [0.2, 0.25) is 0 Å². The molecule has 0 amide bonds. The quantitative estimate of drug-likeness (QED) is 0.592. The summed E-state index contributed by atoms with van der Waals surface area (Å²) in [5.74, 6) is 0. The summed E-state index contributed by atoms with van der Waals surface area (Å²) in [5.41, 5.74) is 5.32. The average Bonchev–Trinajstić information content (AvgIpc) is 1.87. The third-order valence-electron chi connectivity index (χ3n) is 1.31. The Morgan fingerprint density at radius 1 is 1.67 bits per heavy atom. The first-order valence-electron chi connectivity index (χ1n) is 3.23. The highest BCUT2D eigenvalue weighted by Crippen LogP contribution is 1.94. The number of nitrogens with two attached hydrogens (primary N) is 1. The predicted octanol–water partition coefficient (Wildman–Crippen LogP) is 0.504. The zero-order valence-corrected chi connectivity index (χ0v) is 6.86. The van der Waals surface area contributed by atoms with Crippen LogP contribution in [0.5, 0.6) is 0 Å². The van der Waals surface area contributed by atoms with Crippen molar-refractivity contribution in [1.29, 1.82) is 0 Å². The van der Waals surface area contributed by atoms with Crippen molar-refractivity contribution < 1.29 is 0 Å². The maximum absolute atomic E-state index is 5.77. The van der Waals surface area contributed by atoms with Gasteiger partial charge in [-0.3, -0.25) is 0 Å². The summed E-state index contributed by atoms with van der Waals surface area (Å²) in [5, 5.41) is 0.106. The molecule has 2 N–H and O–H groups in total. The maximum Gasteiger partial charge on any atom is 0.0585 e. The van der Waals surface area contributed by atoms with Crippen LogP contribution < -0.4 is 5.73 Å². The minimum absolute atomic E-state index is 0.106. The average molecular weight is 151 g/mol. The Morgan fingerprint density at radius 3 is 2.56 bits per heavy atom. The number of rotatable bonds is 4. The molecule has 0 saturated carbocycles. The second-order valence-corrected chi connectivity index (χ2v) is 2.81. The lowest BCUT2D eigenvalue weighted by atomic mass is 10.4. The van der Waals surface area contributed by atoms with Gasteiger partial charge in [-0.1, -0.05) is 6.92 Å². The third kappa shape index (κ3) is 4.70. The van der Waals surface area contributed by atoms with Crippen molar-refractivity contribution in [1.82, 2.24) is 4.90 Å². The van der Waals surface area contributed by atoms with Crippen molar-refractivity contribution >= 4 is 11.6 Å². The highest BCUT2D eigenvalue weighted by molar-refractivity contribution is 6.20. The molecular formula is C6H15ClN2. The van der Waals surface area contributed by atoms with E-state index < -0.39 is 0 Å². The molecule has 56 valence electrons. The summed E-state index contributed by atoms with van der Waals surface area (Å²) < 4.78 is 0. The van der Waals surface area contributed by atoms with Crippen LogP contribution in [0, 0.1) is 0 Å².